The van der Waals surface area contributed by atoms with E-state index in [-0.39, 0.29) is 5.02 Å². The van der Waals surface area contributed by atoms with E-state index in [1.165, 1.54) is 18.2 Å². The average molecular weight is 293 g/mol. The van der Waals surface area contributed by atoms with E-state index < -0.39 is 17.8 Å². The van der Waals surface area contributed by atoms with Crippen LogP contribution in [0.3, 0.4) is 0 Å². The molecule has 0 fully saturated rings. The van der Waals surface area contributed by atoms with Crippen molar-refractivity contribution in [2.75, 3.05) is 0 Å². The number of nitrogens with one attached hydrogen (secondary N) is 1. The maximum Gasteiger partial charge on any atom is 0.239 e. The third-order valence-corrected chi connectivity index (χ3v) is 3.20. The topological polar surface area (TPSA) is 55.1 Å². The molecule has 0 aliphatic carbocycles. The van der Waals surface area contributed by atoms with Crippen molar-refractivity contribution in [1.29, 1.82) is 0 Å². The van der Waals surface area contributed by atoms with Crippen LogP contribution in [0.25, 0.3) is 0 Å². The number of carbonyl (C=O) groups excluding carboxylic acids is 1. The van der Waals surface area contributed by atoms with Gasteiger partial charge in [-0.2, -0.15) is 0 Å². The van der Waals surface area contributed by atoms with Gasteiger partial charge in [0.05, 0.1) is 5.02 Å². The molecule has 2 rings (SSSR count). The summed E-state index contributed by atoms with van der Waals surface area (Å²) in [6, 6.07) is 13.0. The summed E-state index contributed by atoms with van der Waals surface area (Å²) in [6.45, 7) is 0.476. The van der Waals surface area contributed by atoms with E-state index in [4.69, 9.17) is 17.3 Å². The first-order chi connectivity index (χ1) is 9.58. The molecule has 104 valence electrons. The summed E-state index contributed by atoms with van der Waals surface area (Å²) in [5.41, 5.74) is 6.94. The van der Waals surface area contributed by atoms with Crippen molar-refractivity contribution in [3.8, 4) is 0 Å². The molecule has 5 heteroatoms. The second-order valence-corrected chi connectivity index (χ2v) is 4.78. The van der Waals surface area contributed by atoms with Gasteiger partial charge in [0.15, 0.2) is 0 Å². The zero-order valence-electron chi connectivity index (χ0n) is 10.6. The number of benzene rings is 2. The molecule has 0 saturated carbocycles. The molecule has 0 bridgehead atoms. The maximum absolute atomic E-state index is 13.1. The standard InChI is InChI=1S/C15H14ClFN2O/c16-12-8-11(6-7-13(12)17)14(15(18)20)19-9-10-4-2-1-3-5-10/h1-8,14,19H,9H2,(H2,18,20). The van der Waals surface area contributed by atoms with E-state index >= 15 is 0 Å². The number of amides is 1. The highest BCUT2D eigenvalue weighted by atomic mass is 35.5. The zero-order valence-corrected chi connectivity index (χ0v) is 11.4. The maximum atomic E-state index is 13.1. The number of hydrogen-bond donors (Lipinski definition) is 2. The lowest BCUT2D eigenvalue weighted by molar-refractivity contribution is -0.120. The lowest BCUT2D eigenvalue weighted by atomic mass is 10.1. The predicted octanol–water partition coefficient (Wildman–Crippen LogP) is 2.80. The zero-order chi connectivity index (χ0) is 14.5. The molecule has 3 nitrogen and oxygen atoms in total. The lowest BCUT2D eigenvalue weighted by Gasteiger charge is -2.16. The Morgan fingerprint density at radius 3 is 2.55 bits per heavy atom. The van der Waals surface area contributed by atoms with Crippen LogP contribution >= 0.6 is 11.6 Å². The molecule has 1 amide bonds. The van der Waals surface area contributed by atoms with Crippen LogP contribution in [0, 0.1) is 5.82 Å². The second kappa shape index (κ2) is 6.50. The van der Waals surface area contributed by atoms with Crippen LogP contribution in [0.4, 0.5) is 4.39 Å². The van der Waals surface area contributed by atoms with Crippen molar-refractivity contribution in [1.82, 2.24) is 5.32 Å². The van der Waals surface area contributed by atoms with Gasteiger partial charge in [-0.1, -0.05) is 48.0 Å². The van der Waals surface area contributed by atoms with Gasteiger partial charge in [-0.3, -0.25) is 10.1 Å². The van der Waals surface area contributed by atoms with E-state index in [2.05, 4.69) is 5.32 Å². The van der Waals surface area contributed by atoms with Crippen molar-refractivity contribution in [2.24, 2.45) is 5.73 Å². The van der Waals surface area contributed by atoms with Crippen LogP contribution in [0.2, 0.25) is 5.02 Å². The third kappa shape index (κ3) is 3.56. The fourth-order valence-electron chi connectivity index (χ4n) is 1.89. The average Bonchev–Trinajstić information content (AvgIpc) is 2.43. The van der Waals surface area contributed by atoms with Gasteiger partial charge in [-0.05, 0) is 23.3 Å². The highest BCUT2D eigenvalue weighted by molar-refractivity contribution is 6.30. The minimum absolute atomic E-state index is 0.0322. The fourth-order valence-corrected chi connectivity index (χ4v) is 2.08. The summed E-state index contributed by atoms with van der Waals surface area (Å²) in [5, 5.41) is 3.01. The summed E-state index contributed by atoms with van der Waals surface area (Å²) < 4.78 is 13.1. The fraction of sp³-hybridized carbons (Fsp3) is 0.133. The Bertz CT molecular complexity index is 604. The summed E-state index contributed by atoms with van der Waals surface area (Å²) in [7, 11) is 0. The molecule has 0 radical (unpaired) electrons. The van der Waals surface area contributed by atoms with Gasteiger partial charge < -0.3 is 5.73 Å². The van der Waals surface area contributed by atoms with E-state index in [1.807, 2.05) is 30.3 Å². The van der Waals surface area contributed by atoms with Gasteiger partial charge in [0.1, 0.15) is 11.9 Å². The molecule has 0 saturated heterocycles. The molecule has 20 heavy (non-hydrogen) atoms. The lowest BCUT2D eigenvalue weighted by Crippen LogP contribution is -2.33. The highest BCUT2D eigenvalue weighted by Crippen LogP contribution is 2.21. The minimum atomic E-state index is -0.715. The monoisotopic (exact) mass is 292 g/mol. The summed E-state index contributed by atoms with van der Waals surface area (Å²) in [6.07, 6.45) is 0. The highest BCUT2D eigenvalue weighted by Gasteiger charge is 2.18. The molecule has 0 aromatic heterocycles. The predicted molar refractivity (Wildman–Crippen MR) is 76.6 cm³/mol. The van der Waals surface area contributed by atoms with Crippen LogP contribution in [-0.4, -0.2) is 5.91 Å². The Kier molecular flexibility index (Phi) is 4.71. The Morgan fingerprint density at radius 1 is 1.25 bits per heavy atom. The van der Waals surface area contributed by atoms with Crippen molar-refractivity contribution >= 4 is 17.5 Å². The third-order valence-electron chi connectivity index (χ3n) is 2.91. The van der Waals surface area contributed by atoms with Crippen molar-refractivity contribution in [3.63, 3.8) is 0 Å². The molecular formula is C15H14ClFN2O. The second-order valence-electron chi connectivity index (χ2n) is 4.38. The number of hydrogen-bond acceptors (Lipinski definition) is 2. The van der Waals surface area contributed by atoms with Crippen molar-refractivity contribution in [3.05, 3.63) is 70.5 Å². The molecular weight excluding hydrogens is 279 g/mol. The smallest absolute Gasteiger partial charge is 0.239 e. The van der Waals surface area contributed by atoms with Crippen molar-refractivity contribution < 1.29 is 9.18 Å². The van der Waals surface area contributed by atoms with Gasteiger partial charge >= 0.3 is 0 Å². The summed E-state index contributed by atoms with van der Waals surface area (Å²) in [5.74, 6) is -1.06. The van der Waals surface area contributed by atoms with Crippen LogP contribution in [-0.2, 0) is 11.3 Å². The summed E-state index contributed by atoms with van der Waals surface area (Å²) in [4.78, 5) is 11.5. The first kappa shape index (κ1) is 14.5. The number of primary amides is 1. The Morgan fingerprint density at radius 2 is 1.95 bits per heavy atom. The van der Waals surface area contributed by atoms with E-state index in [9.17, 15) is 9.18 Å². The minimum Gasteiger partial charge on any atom is -0.368 e. The molecule has 2 aromatic carbocycles. The van der Waals surface area contributed by atoms with Crippen LogP contribution < -0.4 is 11.1 Å². The molecule has 1 atom stereocenters. The van der Waals surface area contributed by atoms with Crippen LogP contribution in [0.5, 0.6) is 0 Å². The molecule has 0 aliphatic heterocycles. The number of carbonyl (C=O) groups is 1. The summed E-state index contributed by atoms with van der Waals surface area (Å²) >= 11 is 5.72. The molecule has 3 N–H and O–H groups in total. The molecule has 0 aliphatic rings. The Balaban J connectivity index is 2.15. The first-order valence-electron chi connectivity index (χ1n) is 6.09. The number of halogens is 2. The first-order valence-corrected chi connectivity index (χ1v) is 6.47. The van der Waals surface area contributed by atoms with E-state index in [0.717, 1.165) is 5.56 Å². The normalized spacial score (nSPS) is 12.1. The number of rotatable bonds is 5. The molecule has 1 unspecified atom stereocenters. The Hall–Kier alpha value is -1.91. The van der Waals surface area contributed by atoms with Crippen LogP contribution in [0.15, 0.2) is 48.5 Å². The van der Waals surface area contributed by atoms with E-state index in [0.29, 0.717) is 12.1 Å². The van der Waals surface area contributed by atoms with Gasteiger partial charge in [0, 0.05) is 6.54 Å². The molecule has 0 heterocycles. The van der Waals surface area contributed by atoms with Crippen molar-refractivity contribution in [2.45, 2.75) is 12.6 Å². The van der Waals surface area contributed by atoms with Gasteiger partial charge in [0.2, 0.25) is 5.91 Å². The Labute approximate surface area is 121 Å². The van der Waals surface area contributed by atoms with Gasteiger partial charge in [-0.25, -0.2) is 4.39 Å². The molecule has 0 spiro atoms. The van der Waals surface area contributed by atoms with Gasteiger partial charge in [-0.15, -0.1) is 0 Å². The number of nitrogens with two attached hydrogens (primary N) is 1. The molecule has 2 aromatic rings. The van der Waals surface area contributed by atoms with E-state index in [1.54, 1.807) is 0 Å². The largest absolute Gasteiger partial charge is 0.368 e. The quantitative estimate of drug-likeness (QED) is 0.890. The van der Waals surface area contributed by atoms with Gasteiger partial charge in [0.25, 0.3) is 0 Å². The van der Waals surface area contributed by atoms with Crippen LogP contribution in [0.1, 0.15) is 17.2 Å². The SMILES string of the molecule is NC(=O)C(NCc1ccccc1)c1ccc(F)c(Cl)c1.